The van der Waals surface area contributed by atoms with Gasteiger partial charge in [-0.2, -0.15) is 0 Å². The molecule has 0 nitrogen and oxygen atoms in total. The molecule has 0 spiro atoms. The van der Waals surface area contributed by atoms with Gasteiger partial charge in [-0.15, -0.1) is 0 Å². The molecule has 1 unspecified atom stereocenters. The Labute approximate surface area is 131 Å². The van der Waals surface area contributed by atoms with Gasteiger partial charge < -0.3 is 0 Å². The molecule has 0 aromatic heterocycles. The van der Waals surface area contributed by atoms with Crippen molar-refractivity contribution in [1.82, 2.24) is 0 Å². The third-order valence-electron chi connectivity index (χ3n) is 4.60. The molecule has 0 saturated heterocycles. The van der Waals surface area contributed by atoms with Gasteiger partial charge >= 0.3 is 132 Å². The number of hydrogen-bond donors (Lipinski definition) is 0. The quantitative estimate of drug-likeness (QED) is 0.307. The Morgan fingerprint density at radius 3 is 1.42 bits per heavy atom. The number of unbranched alkanes of at least 4 members (excludes halogenated alkanes) is 3. The molecular formula is C17H38SSn. The van der Waals surface area contributed by atoms with E-state index in [0.29, 0.717) is 0 Å². The second-order valence-electron chi connectivity index (χ2n) is 6.19. The normalized spacial score (nSPS) is 13.7. The van der Waals surface area contributed by atoms with Gasteiger partial charge in [-0.25, -0.2) is 0 Å². The van der Waals surface area contributed by atoms with Crippen LogP contribution in [0.15, 0.2) is 0 Å². The molecule has 1 atom stereocenters. The van der Waals surface area contributed by atoms with E-state index in [1.807, 2.05) is 0 Å². The van der Waals surface area contributed by atoms with Crippen LogP contribution in [0.5, 0.6) is 0 Å². The molecule has 0 aromatic carbocycles. The first-order valence-corrected chi connectivity index (χ1v) is 17.7. The molecule has 0 saturated carbocycles. The van der Waals surface area contributed by atoms with Crippen molar-refractivity contribution in [2.75, 3.05) is 6.26 Å². The fraction of sp³-hybridized carbons (Fsp3) is 1.00. The van der Waals surface area contributed by atoms with Gasteiger partial charge in [-0.05, 0) is 0 Å². The monoisotopic (exact) mass is 394 g/mol. The van der Waals surface area contributed by atoms with E-state index < -0.39 is 18.4 Å². The Morgan fingerprint density at radius 2 is 1.16 bits per heavy atom. The molecule has 116 valence electrons. The zero-order valence-electron chi connectivity index (χ0n) is 14.3. The summed E-state index contributed by atoms with van der Waals surface area (Å²) in [7, 11) is 0. The van der Waals surface area contributed by atoms with Crippen molar-refractivity contribution in [2.45, 2.75) is 95.6 Å². The van der Waals surface area contributed by atoms with Gasteiger partial charge in [0, 0.05) is 0 Å². The third kappa shape index (κ3) is 7.64. The zero-order valence-corrected chi connectivity index (χ0v) is 17.9. The van der Waals surface area contributed by atoms with Gasteiger partial charge in [0.1, 0.15) is 0 Å². The van der Waals surface area contributed by atoms with E-state index in [0.717, 1.165) is 3.27 Å². The first-order chi connectivity index (χ1) is 9.20. The Bertz CT molecular complexity index is 172. The van der Waals surface area contributed by atoms with Gasteiger partial charge in [0.25, 0.3) is 0 Å². The SMILES string of the molecule is CCC[CH2][Sn]([CH2]CCC)([CH2]CCC)[CH](CCC)SC. The Kier molecular flexibility index (Phi) is 13.6. The standard InChI is InChI=1S/C5H11S.3C4H9.Sn/c1-3-4-5-6-2;3*1-3-4-2;/h5H,3-4H2,1-2H3;3*1,3-4H2,2H3;. The molecule has 19 heavy (non-hydrogen) atoms. The first kappa shape index (κ1) is 20.1. The second-order valence-corrected chi connectivity index (χ2v) is 22.5. The van der Waals surface area contributed by atoms with Gasteiger partial charge in [-0.3, -0.25) is 0 Å². The summed E-state index contributed by atoms with van der Waals surface area (Å²) in [4.78, 5) is 0. The maximum absolute atomic E-state index is 2.40. The Morgan fingerprint density at radius 1 is 0.737 bits per heavy atom. The summed E-state index contributed by atoms with van der Waals surface area (Å²) in [6, 6.07) is 0. The molecule has 0 heterocycles. The molecule has 0 aliphatic rings. The van der Waals surface area contributed by atoms with Crippen LogP contribution in [0.4, 0.5) is 0 Å². The summed E-state index contributed by atoms with van der Waals surface area (Å²) < 4.78 is 6.13. The molecule has 0 N–H and O–H groups in total. The first-order valence-electron chi connectivity index (χ1n) is 8.73. The number of rotatable bonds is 13. The van der Waals surface area contributed by atoms with Gasteiger partial charge in [0.2, 0.25) is 0 Å². The molecule has 2 heteroatoms. The number of thioether (sulfide) groups is 1. The molecule has 0 fully saturated rings. The Balaban J connectivity index is 4.92. The van der Waals surface area contributed by atoms with Crippen molar-refractivity contribution in [1.29, 1.82) is 0 Å². The fourth-order valence-corrected chi connectivity index (χ4v) is 27.5. The van der Waals surface area contributed by atoms with Crippen LogP contribution in [0.25, 0.3) is 0 Å². The predicted octanol–water partition coefficient (Wildman–Crippen LogP) is 6.91. The summed E-state index contributed by atoms with van der Waals surface area (Å²) in [5.74, 6) is 0. The summed E-state index contributed by atoms with van der Waals surface area (Å²) in [5, 5.41) is 0. The van der Waals surface area contributed by atoms with E-state index in [2.05, 4.69) is 45.7 Å². The molecule has 0 amide bonds. The molecule has 0 aliphatic heterocycles. The topological polar surface area (TPSA) is 0 Å². The van der Waals surface area contributed by atoms with E-state index >= 15 is 0 Å². The Hall–Kier alpha value is 1.15. The summed E-state index contributed by atoms with van der Waals surface area (Å²) in [5.41, 5.74) is 0. The van der Waals surface area contributed by atoms with Crippen LogP contribution in [0, 0.1) is 0 Å². The van der Waals surface area contributed by atoms with Crippen molar-refractivity contribution in [3.8, 4) is 0 Å². The van der Waals surface area contributed by atoms with Crippen molar-refractivity contribution in [2.24, 2.45) is 0 Å². The van der Waals surface area contributed by atoms with Crippen LogP contribution in [0.3, 0.4) is 0 Å². The van der Waals surface area contributed by atoms with Crippen LogP contribution in [-0.4, -0.2) is 27.9 Å². The molecule has 0 rings (SSSR count). The van der Waals surface area contributed by atoms with Crippen molar-refractivity contribution in [3.05, 3.63) is 0 Å². The van der Waals surface area contributed by atoms with Crippen molar-refractivity contribution in [3.63, 3.8) is 0 Å². The summed E-state index contributed by atoms with van der Waals surface area (Å²) in [6.07, 6.45) is 14.1. The maximum atomic E-state index is 2.40. The summed E-state index contributed by atoms with van der Waals surface area (Å²) in [6.45, 7) is 9.53. The minimum absolute atomic E-state index is 1.10. The third-order valence-corrected chi connectivity index (χ3v) is 27.1. The second kappa shape index (κ2) is 12.9. The number of hydrogen-bond acceptors (Lipinski definition) is 1. The van der Waals surface area contributed by atoms with Crippen molar-refractivity contribution < 1.29 is 0 Å². The molecule has 0 aromatic rings. The predicted molar refractivity (Wildman–Crippen MR) is 97.1 cm³/mol. The van der Waals surface area contributed by atoms with Crippen LogP contribution in [0.2, 0.25) is 13.3 Å². The van der Waals surface area contributed by atoms with Gasteiger partial charge in [-0.1, -0.05) is 0 Å². The van der Waals surface area contributed by atoms with Crippen LogP contribution in [0.1, 0.15) is 79.1 Å². The van der Waals surface area contributed by atoms with Crippen molar-refractivity contribution >= 4 is 30.1 Å². The van der Waals surface area contributed by atoms with E-state index in [1.54, 1.807) is 13.3 Å². The van der Waals surface area contributed by atoms with E-state index in [4.69, 9.17) is 0 Å². The molecule has 0 radical (unpaired) electrons. The average Bonchev–Trinajstić information content (AvgIpc) is 2.44. The van der Waals surface area contributed by atoms with Gasteiger partial charge in [0.15, 0.2) is 0 Å². The molecular weight excluding hydrogens is 355 g/mol. The van der Waals surface area contributed by atoms with Gasteiger partial charge in [0.05, 0.1) is 0 Å². The molecule has 0 aliphatic carbocycles. The summed E-state index contributed by atoms with van der Waals surface area (Å²) >= 11 is 0.339. The van der Waals surface area contributed by atoms with Crippen LogP contribution in [-0.2, 0) is 0 Å². The fourth-order valence-electron chi connectivity index (χ4n) is 3.38. The average molecular weight is 393 g/mol. The van der Waals surface area contributed by atoms with Crippen LogP contribution < -0.4 is 0 Å². The van der Waals surface area contributed by atoms with Crippen LogP contribution >= 0.6 is 11.8 Å². The van der Waals surface area contributed by atoms with E-state index in [-0.39, 0.29) is 0 Å². The molecule has 0 bridgehead atoms. The van der Waals surface area contributed by atoms with E-state index in [9.17, 15) is 0 Å². The minimum atomic E-state index is -1.91. The zero-order chi connectivity index (χ0) is 14.6. The van der Waals surface area contributed by atoms with E-state index in [1.165, 1.54) is 51.4 Å².